The summed E-state index contributed by atoms with van der Waals surface area (Å²) in [7, 11) is 0.257. The maximum absolute atomic E-state index is 10.8. The summed E-state index contributed by atoms with van der Waals surface area (Å²) in [4.78, 5) is 21.5. The molecule has 0 saturated carbocycles. The highest BCUT2D eigenvalue weighted by atomic mass is 31.1. The Hall–Kier alpha value is -0.870. The zero-order chi connectivity index (χ0) is 10.8. The number of hydrogen-bond donors (Lipinski definition) is 1. The molecule has 1 unspecified atom stereocenters. The van der Waals surface area contributed by atoms with Gasteiger partial charge in [-0.1, -0.05) is 0 Å². The molecule has 0 bridgehead atoms. The van der Waals surface area contributed by atoms with Crippen molar-refractivity contribution in [3.8, 4) is 0 Å². The molecular weight excluding hydrogens is 209 g/mol. The summed E-state index contributed by atoms with van der Waals surface area (Å²) in [5, 5.41) is 2.37. The molecule has 0 aliphatic rings. The first kappa shape index (κ1) is 13.1. The summed E-state index contributed by atoms with van der Waals surface area (Å²) in [6, 6.07) is 0. The van der Waals surface area contributed by atoms with Gasteiger partial charge in [-0.15, -0.1) is 0 Å². The minimum atomic E-state index is -0.636. The van der Waals surface area contributed by atoms with E-state index >= 15 is 0 Å². The summed E-state index contributed by atoms with van der Waals surface area (Å²) in [5.41, 5.74) is 0. The van der Waals surface area contributed by atoms with Gasteiger partial charge < -0.3 is 19.3 Å². The lowest BCUT2D eigenvalue weighted by molar-refractivity contribution is -0.153. The van der Waals surface area contributed by atoms with Crippen molar-refractivity contribution in [2.75, 3.05) is 26.6 Å². The van der Waals surface area contributed by atoms with Gasteiger partial charge in [0.25, 0.3) is 0 Å². The van der Waals surface area contributed by atoms with Crippen LogP contribution in [0, 0.1) is 0 Å². The Morgan fingerprint density at radius 1 is 1.36 bits per heavy atom. The number of rotatable bonds is 6. The third kappa shape index (κ3) is 7.76. The molecule has 0 aliphatic heterocycles. The lowest BCUT2D eigenvalue weighted by Gasteiger charge is -2.05. The first-order valence-electron chi connectivity index (χ1n) is 4.05. The molecule has 0 aromatic rings. The third-order valence-corrected chi connectivity index (χ3v) is 1.47. The summed E-state index contributed by atoms with van der Waals surface area (Å²) in [6.45, 7) is 3.50. The number of esters is 1. The van der Waals surface area contributed by atoms with Crippen molar-refractivity contribution in [2.45, 2.75) is 6.92 Å². The van der Waals surface area contributed by atoms with E-state index in [1.807, 2.05) is 0 Å². The second kappa shape index (κ2) is 8.72. The van der Waals surface area contributed by atoms with Crippen molar-refractivity contribution in [3.63, 3.8) is 0 Å². The fourth-order valence-corrected chi connectivity index (χ4v) is 0.692. The molecule has 0 aromatic carbocycles. The Morgan fingerprint density at radius 2 is 2.07 bits per heavy atom. The number of amides is 1. The van der Waals surface area contributed by atoms with Gasteiger partial charge in [-0.05, 0) is 13.6 Å². The van der Waals surface area contributed by atoms with E-state index in [1.54, 1.807) is 13.6 Å². The van der Waals surface area contributed by atoms with Gasteiger partial charge in [-0.25, -0.2) is 9.59 Å². The number of carbonyl (C=O) groups excluding carboxylic acids is 2. The zero-order valence-electron chi connectivity index (χ0n) is 8.16. The van der Waals surface area contributed by atoms with Crippen LogP contribution in [0.4, 0.5) is 4.79 Å². The zero-order valence-corrected chi connectivity index (χ0v) is 9.16. The maximum Gasteiger partial charge on any atom is 0.407 e. The second-order valence-corrected chi connectivity index (χ2v) is 2.79. The number of alkyl carbamates (subject to hydrolysis) is 1. The lowest BCUT2D eigenvalue weighted by atomic mass is 10.7. The third-order valence-electron chi connectivity index (χ3n) is 1.07. The fourth-order valence-electron chi connectivity index (χ4n) is 0.516. The van der Waals surface area contributed by atoms with Gasteiger partial charge in [0.15, 0.2) is 13.4 Å². The van der Waals surface area contributed by atoms with Crippen molar-refractivity contribution in [1.82, 2.24) is 5.32 Å². The Balaban J connectivity index is 3.39. The average Bonchev–Trinajstić information content (AvgIpc) is 2.16. The predicted octanol–water partition coefficient (Wildman–Crippen LogP) is 0.473. The van der Waals surface area contributed by atoms with Crippen LogP contribution in [0.15, 0.2) is 0 Å². The van der Waals surface area contributed by atoms with Gasteiger partial charge >= 0.3 is 12.1 Å². The van der Waals surface area contributed by atoms with Crippen molar-refractivity contribution in [1.29, 1.82) is 0 Å². The van der Waals surface area contributed by atoms with E-state index in [9.17, 15) is 9.59 Å². The summed E-state index contributed by atoms with van der Waals surface area (Å²) < 4.78 is 13.8. The molecule has 0 spiro atoms. The van der Waals surface area contributed by atoms with Crippen LogP contribution in [0.1, 0.15) is 6.92 Å². The van der Waals surface area contributed by atoms with Crippen LogP contribution in [0.2, 0.25) is 0 Å². The van der Waals surface area contributed by atoms with E-state index in [1.165, 1.54) is 0 Å². The topological polar surface area (TPSA) is 73.9 Å². The first-order chi connectivity index (χ1) is 6.70. The minimum absolute atomic E-state index is 0.105. The predicted molar refractivity (Wildman–Crippen MR) is 51.3 cm³/mol. The van der Waals surface area contributed by atoms with Gasteiger partial charge in [0, 0.05) is 15.4 Å². The quantitative estimate of drug-likeness (QED) is 0.306. The minimum Gasteiger partial charge on any atom is -0.438 e. The molecule has 1 amide bonds. The molecule has 6 nitrogen and oxygen atoms in total. The number of hydrogen-bond acceptors (Lipinski definition) is 5. The number of nitrogens with one attached hydrogen (secondary N) is 1. The molecule has 1 atom stereocenters. The van der Waals surface area contributed by atoms with E-state index in [-0.39, 0.29) is 15.6 Å². The van der Waals surface area contributed by atoms with Crippen LogP contribution in [-0.2, 0) is 18.8 Å². The van der Waals surface area contributed by atoms with E-state index < -0.39 is 18.7 Å². The second-order valence-electron chi connectivity index (χ2n) is 2.09. The van der Waals surface area contributed by atoms with Crippen molar-refractivity contribution in [3.05, 3.63) is 0 Å². The lowest BCUT2D eigenvalue weighted by Crippen LogP contribution is -2.26. The summed E-state index contributed by atoms with van der Waals surface area (Å²) in [6.07, 6.45) is -0.636. The number of ether oxygens (including phenoxy) is 2. The van der Waals surface area contributed by atoms with Gasteiger partial charge in [0.2, 0.25) is 0 Å². The molecule has 0 radical (unpaired) electrons. The summed E-state index contributed by atoms with van der Waals surface area (Å²) >= 11 is 0. The molecule has 0 saturated heterocycles. The normalized spacial score (nSPS) is 10.1. The molecule has 0 heterocycles. The molecular formula is C7H14NO5P. The highest BCUT2D eigenvalue weighted by Gasteiger charge is 2.06. The van der Waals surface area contributed by atoms with Crippen LogP contribution in [0.25, 0.3) is 0 Å². The van der Waals surface area contributed by atoms with E-state index in [2.05, 4.69) is 14.8 Å². The average molecular weight is 223 g/mol. The van der Waals surface area contributed by atoms with Crippen LogP contribution < -0.4 is 5.32 Å². The molecule has 7 heteroatoms. The van der Waals surface area contributed by atoms with Gasteiger partial charge in [-0.3, -0.25) is 0 Å². The molecule has 14 heavy (non-hydrogen) atoms. The van der Waals surface area contributed by atoms with E-state index in [0.717, 1.165) is 0 Å². The Labute approximate surface area is 84.1 Å². The molecule has 0 fully saturated rings. The smallest absolute Gasteiger partial charge is 0.407 e. The van der Waals surface area contributed by atoms with Crippen LogP contribution in [0.3, 0.4) is 0 Å². The van der Waals surface area contributed by atoms with Crippen molar-refractivity contribution < 1.29 is 23.6 Å². The van der Waals surface area contributed by atoms with E-state index in [0.29, 0.717) is 6.54 Å². The van der Waals surface area contributed by atoms with Crippen LogP contribution in [0.5, 0.6) is 0 Å². The monoisotopic (exact) mass is 223 g/mol. The van der Waals surface area contributed by atoms with Crippen molar-refractivity contribution >= 4 is 20.9 Å². The Bertz CT molecular complexity index is 187. The maximum atomic E-state index is 10.8. The SMILES string of the molecule is CCNC(=O)OCC(=O)OCOPC. The fraction of sp³-hybridized carbons (Fsp3) is 0.714. The first-order valence-corrected chi connectivity index (χ1v) is 5.46. The molecule has 82 valence electrons. The van der Waals surface area contributed by atoms with Gasteiger partial charge in [0.05, 0.1) is 0 Å². The van der Waals surface area contributed by atoms with Gasteiger partial charge in [-0.2, -0.15) is 0 Å². The van der Waals surface area contributed by atoms with Crippen LogP contribution in [-0.4, -0.2) is 38.7 Å². The Morgan fingerprint density at radius 3 is 2.64 bits per heavy atom. The molecule has 0 aromatic heterocycles. The number of carbonyl (C=O) groups is 2. The molecule has 0 rings (SSSR count). The highest BCUT2D eigenvalue weighted by molar-refractivity contribution is 7.31. The van der Waals surface area contributed by atoms with Crippen molar-refractivity contribution in [2.24, 2.45) is 0 Å². The standard InChI is InChI=1S/C7H14NO5P/c1-3-8-7(10)11-4-6(9)12-5-13-14-2/h14H,3-5H2,1-2H3,(H,8,10). The van der Waals surface area contributed by atoms with Gasteiger partial charge in [0.1, 0.15) is 0 Å². The largest absolute Gasteiger partial charge is 0.438 e. The Kier molecular flexibility index (Phi) is 8.17. The summed E-state index contributed by atoms with van der Waals surface area (Å²) in [5.74, 6) is -0.630. The molecule has 1 N–H and O–H groups in total. The van der Waals surface area contributed by atoms with E-state index in [4.69, 9.17) is 4.52 Å². The van der Waals surface area contributed by atoms with Crippen LogP contribution >= 0.6 is 8.81 Å². The highest BCUT2D eigenvalue weighted by Crippen LogP contribution is 2.02. The molecule has 0 aliphatic carbocycles.